The fraction of sp³-hybridized carbons (Fsp3) is 0.455. The van der Waals surface area contributed by atoms with Crippen LogP contribution in [-0.2, 0) is 4.74 Å². The molecule has 0 saturated carbocycles. The van der Waals surface area contributed by atoms with Gasteiger partial charge in [0.05, 0.1) is 12.1 Å². The Kier molecular flexibility index (Phi) is 3.23. The van der Waals surface area contributed by atoms with E-state index in [9.17, 15) is 9.18 Å². The van der Waals surface area contributed by atoms with Crippen LogP contribution < -0.4 is 5.32 Å². The zero-order valence-corrected chi connectivity index (χ0v) is 9.31. The first-order valence-electron chi connectivity index (χ1n) is 5.35. The monoisotopic (exact) mass is 240 g/mol. The van der Waals surface area contributed by atoms with Gasteiger partial charge in [-0.25, -0.2) is 14.2 Å². The fourth-order valence-corrected chi connectivity index (χ4v) is 1.81. The average molecular weight is 240 g/mol. The topological polar surface area (TPSA) is 71.5 Å². The van der Waals surface area contributed by atoms with E-state index in [0.29, 0.717) is 6.61 Å². The summed E-state index contributed by atoms with van der Waals surface area (Å²) < 4.78 is 19.1. The number of halogens is 1. The van der Waals surface area contributed by atoms with Crippen LogP contribution in [-0.4, -0.2) is 34.8 Å². The van der Waals surface area contributed by atoms with E-state index < -0.39 is 11.8 Å². The van der Waals surface area contributed by atoms with Gasteiger partial charge in [0.2, 0.25) is 0 Å². The first-order chi connectivity index (χ1) is 8.09. The highest BCUT2D eigenvalue weighted by Crippen LogP contribution is 2.21. The molecule has 6 heteroatoms. The van der Waals surface area contributed by atoms with Crippen LogP contribution in [0.1, 0.15) is 23.7 Å². The summed E-state index contributed by atoms with van der Waals surface area (Å²) in [6.07, 6.45) is 1.99. The van der Waals surface area contributed by atoms with Gasteiger partial charge in [0.1, 0.15) is 5.56 Å². The summed E-state index contributed by atoms with van der Waals surface area (Å²) in [5.74, 6) is -2.17. The van der Waals surface area contributed by atoms with E-state index in [4.69, 9.17) is 9.84 Å². The third kappa shape index (κ3) is 2.36. The summed E-state index contributed by atoms with van der Waals surface area (Å²) in [6, 6.07) is 1.10. The highest BCUT2D eigenvalue weighted by molar-refractivity contribution is 5.88. The van der Waals surface area contributed by atoms with Crippen molar-refractivity contribution in [2.24, 2.45) is 0 Å². The van der Waals surface area contributed by atoms with Gasteiger partial charge in [-0.1, -0.05) is 0 Å². The Labute approximate surface area is 97.6 Å². The molecule has 92 valence electrons. The van der Waals surface area contributed by atoms with E-state index in [1.165, 1.54) is 6.20 Å². The van der Waals surface area contributed by atoms with Gasteiger partial charge in [-0.2, -0.15) is 0 Å². The Bertz CT molecular complexity index is 439. The molecule has 5 nitrogen and oxygen atoms in total. The number of anilines is 1. The molecule has 0 aromatic carbocycles. The first kappa shape index (κ1) is 11.8. The Morgan fingerprint density at radius 1 is 1.71 bits per heavy atom. The minimum absolute atomic E-state index is 0.0350. The maximum Gasteiger partial charge on any atom is 0.338 e. The SMILES string of the molecule is CC1OCCC1Nc1nccc(C(=O)O)c1F. The van der Waals surface area contributed by atoms with Crippen molar-refractivity contribution in [3.8, 4) is 0 Å². The molecule has 0 amide bonds. The van der Waals surface area contributed by atoms with Crippen molar-refractivity contribution in [2.75, 3.05) is 11.9 Å². The van der Waals surface area contributed by atoms with Gasteiger partial charge in [0, 0.05) is 12.8 Å². The minimum Gasteiger partial charge on any atom is -0.478 e. The lowest BCUT2D eigenvalue weighted by molar-refractivity contribution is 0.0692. The maximum absolute atomic E-state index is 13.8. The van der Waals surface area contributed by atoms with Crippen molar-refractivity contribution in [1.29, 1.82) is 0 Å². The van der Waals surface area contributed by atoms with Crippen LogP contribution in [0.25, 0.3) is 0 Å². The van der Waals surface area contributed by atoms with Crippen LogP contribution in [0, 0.1) is 5.82 Å². The number of nitrogens with one attached hydrogen (secondary N) is 1. The maximum atomic E-state index is 13.8. The minimum atomic E-state index is -1.30. The van der Waals surface area contributed by atoms with Crippen molar-refractivity contribution in [3.63, 3.8) is 0 Å². The zero-order chi connectivity index (χ0) is 12.4. The third-order valence-electron chi connectivity index (χ3n) is 2.82. The van der Waals surface area contributed by atoms with E-state index in [-0.39, 0.29) is 23.5 Å². The third-order valence-corrected chi connectivity index (χ3v) is 2.82. The highest BCUT2D eigenvalue weighted by Gasteiger charge is 2.26. The Hall–Kier alpha value is -1.69. The summed E-state index contributed by atoms with van der Waals surface area (Å²) >= 11 is 0. The molecule has 2 atom stereocenters. The Morgan fingerprint density at radius 3 is 3.06 bits per heavy atom. The van der Waals surface area contributed by atoms with Crippen LogP contribution in [0.3, 0.4) is 0 Å². The molecule has 0 aliphatic carbocycles. The molecule has 2 N–H and O–H groups in total. The molecule has 2 rings (SSSR count). The number of pyridine rings is 1. The average Bonchev–Trinajstić information content (AvgIpc) is 2.67. The zero-order valence-electron chi connectivity index (χ0n) is 9.31. The number of ether oxygens (including phenoxy) is 1. The molecule has 1 aromatic rings. The van der Waals surface area contributed by atoms with Gasteiger partial charge in [-0.05, 0) is 19.4 Å². The molecule has 1 aliphatic rings. The van der Waals surface area contributed by atoms with Gasteiger partial charge in [0.25, 0.3) is 0 Å². The molecule has 1 aromatic heterocycles. The standard InChI is InChI=1S/C11H13FN2O3/c1-6-8(3-5-17-6)14-10-9(12)7(11(15)16)2-4-13-10/h2,4,6,8H,3,5H2,1H3,(H,13,14)(H,15,16). The number of aromatic carboxylic acids is 1. The molecule has 2 heterocycles. The number of rotatable bonds is 3. The lowest BCUT2D eigenvalue weighted by Crippen LogP contribution is -2.28. The predicted octanol–water partition coefficient (Wildman–Crippen LogP) is 1.51. The molecule has 0 spiro atoms. The van der Waals surface area contributed by atoms with Crippen LogP contribution in [0.5, 0.6) is 0 Å². The van der Waals surface area contributed by atoms with Gasteiger partial charge < -0.3 is 15.2 Å². The van der Waals surface area contributed by atoms with E-state index in [2.05, 4.69) is 10.3 Å². The Balaban J connectivity index is 2.21. The number of aromatic nitrogens is 1. The van der Waals surface area contributed by atoms with E-state index in [0.717, 1.165) is 12.5 Å². The molecule has 1 aliphatic heterocycles. The number of hydrogen-bond donors (Lipinski definition) is 2. The molecule has 1 saturated heterocycles. The second kappa shape index (κ2) is 4.67. The summed E-state index contributed by atoms with van der Waals surface area (Å²) in [5.41, 5.74) is -0.380. The molecule has 2 unspecified atom stereocenters. The largest absolute Gasteiger partial charge is 0.478 e. The summed E-state index contributed by atoms with van der Waals surface area (Å²) in [4.78, 5) is 14.6. The normalized spacial score (nSPS) is 23.6. The fourth-order valence-electron chi connectivity index (χ4n) is 1.81. The molecule has 0 radical (unpaired) electrons. The van der Waals surface area contributed by atoms with Crippen LogP contribution in [0.2, 0.25) is 0 Å². The van der Waals surface area contributed by atoms with Crippen molar-refractivity contribution in [1.82, 2.24) is 4.98 Å². The summed E-state index contributed by atoms with van der Waals surface area (Å²) in [6.45, 7) is 2.49. The van der Waals surface area contributed by atoms with Gasteiger partial charge in [-0.15, -0.1) is 0 Å². The lowest BCUT2D eigenvalue weighted by atomic mass is 10.1. The van der Waals surface area contributed by atoms with Crippen LogP contribution in [0.4, 0.5) is 10.2 Å². The number of carboxylic acids is 1. The molecular weight excluding hydrogens is 227 g/mol. The highest BCUT2D eigenvalue weighted by atomic mass is 19.1. The van der Waals surface area contributed by atoms with Crippen LogP contribution in [0.15, 0.2) is 12.3 Å². The van der Waals surface area contributed by atoms with Gasteiger partial charge >= 0.3 is 5.97 Å². The van der Waals surface area contributed by atoms with Gasteiger partial charge in [0.15, 0.2) is 11.6 Å². The second-order valence-corrected chi connectivity index (χ2v) is 3.94. The number of carboxylic acid groups (broad SMARTS) is 1. The van der Waals surface area contributed by atoms with E-state index in [1.54, 1.807) is 0 Å². The summed E-state index contributed by atoms with van der Waals surface area (Å²) in [7, 11) is 0. The summed E-state index contributed by atoms with van der Waals surface area (Å²) in [5, 5.41) is 11.7. The van der Waals surface area contributed by atoms with E-state index >= 15 is 0 Å². The molecular formula is C11H13FN2O3. The first-order valence-corrected chi connectivity index (χ1v) is 5.35. The van der Waals surface area contributed by atoms with Crippen molar-refractivity contribution >= 4 is 11.8 Å². The molecule has 0 bridgehead atoms. The smallest absolute Gasteiger partial charge is 0.338 e. The van der Waals surface area contributed by atoms with Gasteiger partial charge in [-0.3, -0.25) is 0 Å². The number of carbonyl (C=O) groups is 1. The quantitative estimate of drug-likeness (QED) is 0.837. The molecule has 17 heavy (non-hydrogen) atoms. The van der Waals surface area contributed by atoms with E-state index in [1.807, 2.05) is 6.92 Å². The number of nitrogens with zero attached hydrogens (tertiary/aromatic N) is 1. The predicted molar refractivity (Wildman–Crippen MR) is 58.6 cm³/mol. The van der Waals surface area contributed by atoms with Crippen LogP contribution >= 0.6 is 0 Å². The lowest BCUT2D eigenvalue weighted by Gasteiger charge is -2.17. The van der Waals surface area contributed by atoms with Crippen molar-refractivity contribution in [2.45, 2.75) is 25.5 Å². The number of hydrogen-bond acceptors (Lipinski definition) is 4. The Morgan fingerprint density at radius 2 is 2.47 bits per heavy atom. The van der Waals surface area contributed by atoms with Crippen molar-refractivity contribution < 1.29 is 19.0 Å². The van der Waals surface area contributed by atoms with Crippen molar-refractivity contribution in [3.05, 3.63) is 23.6 Å². The molecule has 1 fully saturated rings. The second-order valence-electron chi connectivity index (χ2n) is 3.94.